The number of nitrogens with two attached hydrogens (primary N) is 1. The molecular formula is C10H9ClIN3O2S. The number of hydrogen-bond donors (Lipinski definition) is 3. The van der Waals surface area contributed by atoms with Gasteiger partial charge in [0.1, 0.15) is 0 Å². The van der Waals surface area contributed by atoms with Gasteiger partial charge in [0.25, 0.3) is 0 Å². The first-order valence-corrected chi connectivity index (χ1v) is 6.59. The van der Waals surface area contributed by atoms with Crippen molar-refractivity contribution < 1.29 is 9.59 Å². The summed E-state index contributed by atoms with van der Waals surface area (Å²) >= 11 is 12.4. The topological polar surface area (TPSA) is 84.2 Å². The van der Waals surface area contributed by atoms with Crippen LogP contribution in [0.5, 0.6) is 0 Å². The first-order valence-electron chi connectivity index (χ1n) is 4.72. The van der Waals surface area contributed by atoms with Gasteiger partial charge in [0.05, 0.1) is 17.2 Å². The van der Waals surface area contributed by atoms with Crippen molar-refractivity contribution >= 4 is 68.9 Å². The number of carbonyl (C=O) groups excluding carboxylic acids is 2. The molecule has 0 atom stereocenters. The maximum absolute atomic E-state index is 11.5. The third-order valence-electron chi connectivity index (χ3n) is 1.81. The van der Waals surface area contributed by atoms with Gasteiger partial charge in [0.15, 0.2) is 0 Å². The van der Waals surface area contributed by atoms with E-state index >= 15 is 0 Å². The molecule has 18 heavy (non-hydrogen) atoms. The fourth-order valence-corrected chi connectivity index (χ4v) is 2.10. The molecule has 1 aromatic carbocycles. The summed E-state index contributed by atoms with van der Waals surface area (Å²) in [6, 6.07) is 4.90. The Bertz CT molecular complexity index is 510. The highest BCUT2D eigenvalue weighted by Crippen LogP contribution is 2.22. The van der Waals surface area contributed by atoms with Crippen LogP contribution >= 0.6 is 46.4 Å². The average molecular weight is 398 g/mol. The minimum absolute atomic E-state index is 0.0146. The highest BCUT2D eigenvalue weighted by molar-refractivity contribution is 14.1. The molecule has 0 fully saturated rings. The van der Waals surface area contributed by atoms with Crippen molar-refractivity contribution in [1.29, 1.82) is 0 Å². The van der Waals surface area contributed by atoms with Crippen LogP contribution in [0.4, 0.5) is 5.69 Å². The number of carbonyl (C=O) groups is 2. The number of rotatable bonds is 3. The van der Waals surface area contributed by atoms with E-state index in [-0.39, 0.29) is 11.5 Å². The molecule has 8 heteroatoms. The second-order valence-corrected chi connectivity index (χ2v) is 5.35. The van der Waals surface area contributed by atoms with Crippen molar-refractivity contribution in [3.63, 3.8) is 0 Å². The van der Waals surface area contributed by atoms with Gasteiger partial charge in [-0.05, 0) is 40.8 Å². The van der Waals surface area contributed by atoms with Gasteiger partial charge in [-0.25, -0.2) is 0 Å². The van der Waals surface area contributed by atoms with Gasteiger partial charge in [-0.15, -0.1) is 0 Å². The van der Waals surface area contributed by atoms with E-state index in [0.717, 1.165) is 3.57 Å². The fourth-order valence-electron chi connectivity index (χ4n) is 1.02. The highest BCUT2D eigenvalue weighted by atomic mass is 127. The van der Waals surface area contributed by atoms with Crippen LogP contribution in [0.15, 0.2) is 18.2 Å². The van der Waals surface area contributed by atoms with Crippen LogP contribution in [0, 0.1) is 3.57 Å². The lowest BCUT2D eigenvalue weighted by Gasteiger charge is -2.07. The molecule has 1 aromatic rings. The Morgan fingerprint density at radius 2 is 2.06 bits per heavy atom. The first kappa shape index (κ1) is 15.1. The fraction of sp³-hybridized carbons (Fsp3) is 0.100. The van der Waals surface area contributed by atoms with Gasteiger partial charge in [0, 0.05) is 8.59 Å². The summed E-state index contributed by atoms with van der Waals surface area (Å²) in [4.78, 5) is 23.0. The molecule has 5 nitrogen and oxygen atoms in total. The molecule has 96 valence electrons. The molecule has 4 N–H and O–H groups in total. The second-order valence-electron chi connectivity index (χ2n) is 3.23. The first-order chi connectivity index (χ1) is 8.40. The minimum atomic E-state index is -0.798. The standard InChI is InChI=1S/C10H9ClIN3O2S/c11-5-1-2-7(6(12)3-5)15-10(17)9(16)14-4-8(13)18/h1-3H,4H2,(H2,13,18)(H,14,16)(H,15,17). The van der Waals surface area contributed by atoms with Crippen LogP contribution in [0.3, 0.4) is 0 Å². The Balaban J connectivity index is 2.64. The molecule has 0 saturated heterocycles. The summed E-state index contributed by atoms with van der Waals surface area (Å²) in [5.74, 6) is -1.58. The molecule has 1 rings (SSSR count). The van der Waals surface area contributed by atoms with Crippen LogP contribution in [0.2, 0.25) is 5.02 Å². The monoisotopic (exact) mass is 397 g/mol. The van der Waals surface area contributed by atoms with E-state index in [1.807, 2.05) is 22.6 Å². The smallest absolute Gasteiger partial charge is 0.313 e. The number of benzene rings is 1. The number of amides is 2. The van der Waals surface area contributed by atoms with Gasteiger partial charge in [-0.1, -0.05) is 23.8 Å². The maximum atomic E-state index is 11.5. The molecule has 0 saturated carbocycles. The summed E-state index contributed by atoms with van der Waals surface area (Å²) in [6.45, 7) is -0.0146. The van der Waals surface area contributed by atoms with Crippen molar-refractivity contribution in [2.45, 2.75) is 0 Å². The van der Waals surface area contributed by atoms with Gasteiger partial charge in [-0.2, -0.15) is 0 Å². The normalized spacial score (nSPS) is 9.67. The zero-order valence-electron chi connectivity index (χ0n) is 9.00. The zero-order valence-corrected chi connectivity index (χ0v) is 12.7. The van der Waals surface area contributed by atoms with E-state index in [0.29, 0.717) is 10.7 Å². The van der Waals surface area contributed by atoms with Crippen molar-refractivity contribution in [2.75, 3.05) is 11.9 Å². The van der Waals surface area contributed by atoms with Crippen LogP contribution in [0.25, 0.3) is 0 Å². The molecular weight excluding hydrogens is 389 g/mol. The molecule has 0 aliphatic carbocycles. The number of halogens is 2. The summed E-state index contributed by atoms with van der Waals surface area (Å²) in [5.41, 5.74) is 5.71. The predicted octanol–water partition coefficient (Wildman–Crippen LogP) is 1.29. The van der Waals surface area contributed by atoms with Crippen LogP contribution in [0.1, 0.15) is 0 Å². The second kappa shape index (κ2) is 6.86. The van der Waals surface area contributed by atoms with Crippen LogP contribution in [-0.4, -0.2) is 23.3 Å². The lowest BCUT2D eigenvalue weighted by atomic mass is 10.3. The largest absolute Gasteiger partial charge is 0.392 e. The summed E-state index contributed by atoms with van der Waals surface area (Å²) in [7, 11) is 0. The van der Waals surface area contributed by atoms with Gasteiger partial charge < -0.3 is 16.4 Å². The van der Waals surface area contributed by atoms with Crippen molar-refractivity contribution in [3.8, 4) is 0 Å². The van der Waals surface area contributed by atoms with Crippen LogP contribution < -0.4 is 16.4 Å². The Morgan fingerprint density at radius 1 is 1.39 bits per heavy atom. The van der Waals surface area contributed by atoms with Crippen molar-refractivity contribution in [1.82, 2.24) is 5.32 Å². The average Bonchev–Trinajstić information content (AvgIpc) is 2.29. The van der Waals surface area contributed by atoms with Gasteiger partial charge in [-0.3, -0.25) is 9.59 Å². The Labute approximate surface area is 128 Å². The van der Waals surface area contributed by atoms with E-state index in [1.54, 1.807) is 18.2 Å². The maximum Gasteiger partial charge on any atom is 0.313 e. The number of anilines is 1. The number of nitrogens with one attached hydrogen (secondary N) is 2. The molecule has 0 aliphatic heterocycles. The molecule has 0 aliphatic rings. The van der Waals surface area contributed by atoms with E-state index in [4.69, 9.17) is 17.3 Å². The Kier molecular flexibility index (Phi) is 5.76. The van der Waals surface area contributed by atoms with E-state index in [1.165, 1.54) is 0 Å². The molecule has 0 aromatic heterocycles. The number of hydrogen-bond acceptors (Lipinski definition) is 3. The lowest BCUT2D eigenvalue weighted by molar-refractivity contribution is -0.135. The predicted molar refractivity (Wildman–Crippen MR) is 82.6 cm³/mol. The minimum Gasteiger partial charge on any atom is -0.392 e. The molecule has 0 heterocycles. The molecule has 2 amide bonds. The summed E-state index contributed by atoms with van der Waals surface area (Å²) in [5, 5.41) is 5.30. The lowest BCUT2D eigenvalue weighted by Crippen LogP contribution is -2.39. The van der Waals surface area contributed by atoms with E-state index < -0.39 is 11.8 Å². The molecule has 0 unspecified atom stereocenters. The third-order valence-corrected chi connectivity index (χ3v) is 3.08. The highest BCUT2D eigenvalue weighted by Gasteiger charge is 2.14. The van der Waals surface area contributed by atoms with E-state index in [2.05, 4.69) is 22.9 Å². The summed E-state index contributed by atoms with van der Waals surface area (Å²) < 4.78 is 0.732. The van der Waals surface area contributed by atoms with Gasteiger partial charge in [0.2, 0.25) is 0 Å². The number of thiocarbonyl (C=S) groups is 1. The molecule has 0 radical (unpaired) electrons. The van der Waals surface area contributed by atoms with Crippen molar-refractivity contribution in [2.24, 2.45) is 5.73 Å². The molecule has 0 spiro atoms. The zero-order chi connectivity index (χ0) is 13.7. The quantitative estimate of drug-likeness (QED) is 0.408. The van der Waals surface area contributed by atoms with Crippen molar-refractivity contribution in [3.05, 3.63) is 26.8 Å². The van der Waals surface area contributed by atoms with E-state index in [9.17, 15) is 9.59 Å². The Hall–Kier alpha value is -0.930. The van der Waals surface area contributed by atoms with Crippen LogP contribution in [-0.2, 0) is 9.59 Å². The Morgan fingerprint density at radius 3 is 2.61 bits per heavy atom. The summed E-state index contributed by atoms with van der Waals surface area (Å²) in [6.07, 6.45) is 0. The SMILES string of the molecule is NC(=S)CNC(=O)C(=O)Nc1ccc(Cl)cc1I. The third kappa shape index (κ3) is 4.75. The van der Waals surface area contributed by atoms with Gasteiger partial charge >= 0.3 is 11.8 Å². The molecule has 0 bridgehead atoms.